The number of fused-ring (bicyclic) bond motifs is 2. The van der Waals surface area contributed by atoms with Crippen LogP contribution >= 0.6 is 0 Å². The maximum atomic E-state index is 12.8. The van der Waals surface area contributed by atoms with E-state index in [4.69, 9.17) is 9.47 Å². The largest absolute Gasteiger partial charge is 0.486 e. The maximum absolute atomic E-state index is 12.8. The Morgan fingerprint density at radius 3 is 2.83 bits per heavy atom. The number of ether oxygens (including phenoxy) is 2. The summed E-state index contributed by atoms with van der Waals surface area (Å²) in [4.78, 5) is 17.2. The molecule has 3 aromatic rings. The van der Waals surface area contributed by atoms with E-state index < -0.39 is 0 Å². The number of benzene rings is 2. The molecule has 2 heterocycles. The molecule has 24 heavy (non-hydrogen) atoms. The van der Waals surface area contributed by atoms with Crippen LogP contribution in [0.3, 0.4) is 0 Å². The van der Waals surface area contributed by atoms with Gasteiger partial charge in [0.25, 0.3) is 5.56 Å². The Balaban J connectivity index is 1.69. The lowest BCUT2D eigenvalue weighted by Crippen LogP contribution is -2.39. The van der Waals surface area contributed by atoms with Crippen LogP contribution in [0.25, 0.3) is 10.9 Å². The van der Waals surface area contributed by atoms with Gasteiger partial charge in [-0.2, -0.15) is 0 Å². The number of aromatic nitrogens is 2. The van der Waals surface area contributed by atoms with Gasteiger partial charge in [-0.15, -0.1) is 0 Å². The standard InChI is InChI=1S/C19H18N2O3/c1-12-7-8-14-15(9-12)20-11-21(19(14)22)13(2)18-10-23-16-5-3-4-6-17(16)24-18/h3-9,11,13,18H,10H2,1-2H3. The monoisotopic (exact) mass is 322 g/mol. The first-order chi connectivity index (χ1) is 11.6. The zero-order chi connectivity index (χ0) is 16.7. The van der Waals surface area contributed by atoms with Gasteiger partial charge in [-0.05, 0) is 43.7 Å². The Labute approximate surface area is 139 Å². The number of hydrogen-bond donors (Lipinski definition) is 0. The molecule has 1 aromatic heterocycles. The maximum Gasteiger partial charge on any atom is 0.261 e. The second kappa shape index (κ2) is 5.67. The van der Waals surface area contributed by atoms with Crippen molar-refractivity contribution in [2.75, 3.05) is 6.61 Å². The fourth-order valence-electron chi connectivity index (χ4n) is 2.99. The quantitative estimate of drug-likeness (QED) is 0.727. The van der Waals surface area contributed by atoms with Crippen LogP contribution in [0.5, 0.6) is 11.5 Å². The van der Waals surface area contributed by atoms with Crippen molar-refractivity contribution in [3.63, 3.8) is 0 Å². The molecular formula is C19H18N2O3. The number of hydrogen-bond acceptors (Lipinski definition) is 4. The van der Waals surface area contributed by atoms with Gasteiger partial charge in [0.1, 0.15) is 6.61 Å². The van der Waals surface area contributed by atoms with Gasteiger partial charge in [0.2, 0.25) is 0 Å². The van der Waals surface area contributed by atoms with Crippen LogP contribution < -0.4 is 15.0 Å². The van der Waals surface area contributed by atoms with Crippen molar-refractivity contribution in [3.05, 3.63) is 64.7 Å². The molecule has 2 unspecified atom stereocenters. The van der Waals surface area contributed by atoms with Crippen molar-refractivity contribution >= 4 is 10.9 Å². The third kappa shape index (κ3) is 2.42. The van der Waals surface area contributed by atoms with Crippen LogP contribution in [-0.4, -0.2) is 22.3 Å². The van der Waals surface area contributed by atoms with E-state index in [2.05, 4.69) is 4.98 Å². The minimum atomic E-state index is -0.248. The first-order valence-corrected chi connectivity index (χ1v) is 7.99. The summed E-state index contributed by atoms with van der Waals surface area (Å²) < 4.78 is 13.4. The molecule has 0 amide bonds. The first kappa shape index (κ1) is 14.8. The molecule has 0 N–H and O–H groups in total. The van der Waals surface area contributed by atoms with Gasteiger partial charge in [-0.3, -0.25) is 9.36 Å². The fourth-order valence-corrected chi connectivity index (χ4v) is 2.99. The third-order valence-corrected chi connectivity index (χ3v) is 4.45. The van der Waals surface area contributed by atoms with Crippen LogP contribution in [-0.2, 0) is 0 Å². The topological polar surface area (TPSA) is 53.4 Å². The van der Waals surface area contributed by atoms with Crippen LogP contribution in [0.1, 0.15) is 18.5 Å². The van der Waals surface area contributed by atoms with Crippen molar-refractivity contribution in [1.29, 1.82) is 0 Å². The highest BCUT2D eigenvalue weighted by molar-refractivity contribution is 5.77. The lowest BCUT2D eigenvalue weighted by molar-refractivity contribution is 0.0559. The number of nitrogens with zero attached hydrogens (tertiary/aromatic N) is 2. The molecule has 0 radical (unpaired) electrons. The first-order valence-electron chi connectivity index (χ1n) is 7.99. The molecule has 1 aliphatic rings. The summed E-state index contributed by atoms with van der Waals surface area (Å²) in [6.07, 6.45) is 1.35. The summed E-state index contributed by atoms with van der Waals surface area (Å²) >= 11 is 0. The van der Waals surface area contributed by atoms with E-state index in [0.717, 1.165) is 16.8 Å². The Kier molecular flexibility index (Phi) is 3.49. The van der Waals surface area contributed by atoms with Gasteiger partial charge < -0.3 is 9.47 Å². The van der Waals surface area contributed by atoms with Gasteiger partial charge in [0, 0.05) is 0 Å². The highest BCUT2D eigenvalue weighted by atomic mass is 16.6. The average molecular weight is 322 g/mol. The van der Waals surface area contributed by atoms with E-state index in [9.17, 15) is 4.79 Å². The number of aryl methyl sites for hydroxylation is 1. The molecule has 0 fully saturated rings. The molecular weight excluding hydrogens is 304 g/mol. The number of para-hydroxylation sites is 2. The molecule has 1 aliphatic heterocycles. The Morgan fingerprint density at radius 1 is 1.21 bits per heavy atom. The summed E-state index contributed by atoms with van der Waals surface area (Å²) in [5.41, 5.74) is 1.74. The minimum Gasteiger partial charge on any atom is -0.486 e. The molecule has 0 saturated carbocycles. The Hall–Kier alpha value is -2.82. The molecule has 0 spiro atoms. The van der Waals surface area contributed by atoms with Gasteiger partial charge in [-0.25, -0.2) is 4.98 Å². The van der Waals surface area contributed by atoms with Crippen LogP contribution in [0, 0.1) is 6.92 Å². The van der Waals surface area contributed by atoms with Crippen molar-refractivity contribution in [3.8, 4) is 11.5 Å². The van der Waals surface area contributed by atoms with Crippen LogP contribution in [0.15, 0.2) is 53.6 Å². The van der Waals surface area contributed by atoms with E-state index in [-0.39, 0.29) is 17.7 Å². The molecule has 5 nitrogen and oxygen atoms in total. The molecule has 0 aliphatic carbocycles. The Bertz CT molecular complexity index is 964. The number of rotatable bonds is 2. The second-order valence-corrected chi connectivity index (χ2v) is 6.13. The molecule has 2 aromatic carbocycles. The van der Waals surface area contributed by atoms with Crippen molar-refractivity contribution in [2.45, 2.75) is 26.0 Å². The molecule has 122 valence electrons. The van der Waals surface area contributed by atoms with E-state index in [1.54, 1.807) is 10.9 Å². The van der Waals surface area contributed by atoms with E-state index in [1.807, 2.05) is 56.3 Å². The average Bonchev–Trinajstić information content (AvgIpc) is 2.61. The smallest absolute Gasteiger partial charge is 0.261 e. The summed E-state index contributed by atoms with van der Waals surface area (Å²) in [7, 11) is 0. The predicted molar refractivity (Wildman–Crippen MR) is 91.8 cm³/mol. The van der Waals surface area contributed by atoms with Gasteiger partial charge >= 0.3 is 0 Å². The molecule has 4 rings (SSSR count). The van der Waals surface area contributed by atoms with Crippen molar-refractivity contribution in [2.24, 2.45) is 0 Å². The van der Waals surface area contributed by atoms with E-state index in [0.29, 0.717) is 17.7 Å². The second-order valence-electron chi connectivity index (χ2n) is 6.13. The Morgan fingerprint density at radius 2 is 2.00 bits per heavy atom. The summed E-state index contributed by atoms with van der Waals surface area (Å²) in [5.74, 6) is 1.44. The molecule has 0 saturated heterocycles. The van der Waals surface area contributed by atoms with Crippen LogP contribution in [0.4, 0.5) is 0 Å². The molecule has 0 bridgehead atoms. The van der Waals surface area contributed by atoms with E-state index >= 15 is 0 Å². The third-order valence-electron chi connectivity index (χ3n) is 4.45. The van der Waals surface area contributed by atoms with Crippen molar-refractivity contribution in [1.82, 2.24) is 9.55 Å². The highest BCUT2D eigenvalue weighted by Crippen LogP contribution is 2.33. The lowest BCUT2D eigenvalue weighted by atomic mass is 10.1. The summed E-state index contributed by atoms with van der Waals surface area (Å²) in [5, 5.41) is 0.618. The summed E-state index contributed by atoms with van der Waals surface area (Å²) in [6, 6.07) is 13.0. The van der Waals surface area contributed by atoms with Gasteiger partial charge in [-0.1, -0.05) is 18.2 Å². The predicted octanol–water partition coefficient (Wildman–Crippen LogP) is 3.11. The highest BCUT2D eigenvalue weighted by Gasteiger charge is 2.28. The minimum absolute atomic E-state index is 0.0602. The van der Waals surface area contributed by atoms with Gasteiger partial charge in [0.05, 0.1) is 23.3 Å². The zero-order valence-electron chi connectivity index (χ0n) is 13.6. The summed E-state index contributed by atoms with van der Waals surface area (Å²) in [6.45, 7) is 4.33. The van der Waals surface area contributed by atoms with Gasteiger partial charge in [0.15, 0.2) is 17.6 Å². The molecule has 5 heteroatoms. The lowest BCUT2D eigenvalue weighted by Gasteiger charge is -2.31. The molecule has 2 atom stereocenters. The SMILES string of the molecule is Cc1ccc2c(=O)n(C(C)C3COc4ccccc4O3)cnc2c1. The normalized spacial score (nSPS) is 17.7. The zero-order valence-corrected chi connectivity index (χ0v) is 13.6. The van der Waals surface area contributed by atoms with Crippen molar-refractivity contribution < 1.29 is 9.47 Å². The van der Waals surface area contributed by atoms with E-state index in [1.165, 1.54) is 0 Å². The van der Waals surface area contributed by atoms with Crippen LogP contribution in [0.2, 0.25) is 0 Å². The fraction of sp³-hybridized carbons (Fsp3) is 0.263.